The third-order valence-corrected chi connectivity index (χ3v) is 11.8. The molecular formula is C44H26N4. The van der Waals surface area contributed by atoms with Gasteiger partial charge in [-0.05, 0) is 48.5 Å². The number of nitrogens with zero attached hydrogens (tertiary/aromatic N) is 4. The molecule has 0 spiro atoms. The Labute approximate surface area is 272 Å². The Hall–Kier alpha value is -6.26. The van der Waals surface area contributed by atoms with Gasteiger partial charge in [0.25, 0.3) is 0 Å². The first-order valence-electron chi connectivity index (χ1n) is 16.7. The van der Waals surface area contributed by atoms with Crippen LogP contribution >= 0.6 is 0 Å². The Morgan fingerprint density at radius 2 is 0.604 bits per heavy atom. The lowest BCUT2D eigenvalue weighted by Gasteiger charge is -2.03. The van der Waals surface area contributed by atoms with Crippen molar-refractivity contribution in [3.63, 3.8) is 0 Å². The lowest BCUT2D eigenvalue weighted by atomic mass is 10.0. The molecule has 7 aromatic carbocycles. The van der Waals surface area contributed by atoms with Crippen LogP contribution in [0.3, 0.4) is 0 Å². The van der Waals surface area contributed by atoms with Crippen LogP contribution in [0.25, 0.3) is 120 Å². The second-order valence-electron chi connectivity index (χ2n) is 13.9. The second kappa shape index (κ2) is 7.64. The van der Waals surface area contributed by atoms with E-state index in [1.165, 1.54) is 120 Å². The molecule has 0 saturated carbocycles. The van der Waals surface area contributed by atoms with Gasteiger partial charge in [-0.3, -0.25) is 0 Å². The Kier molecular flexibility index (Phi) is 3.82. The van der Waals surface area contributed by atoms with Gasteiger partial charge in [0.2, 0.25) is 0 Å². The van der Waals surface area contributed by atoms with Crippen molar-refractivity contribution < 1.29 is 0 Å². The van der Waals surface area contributed by atoms with Gasteiger partial charge in [-0.1, -0.05) is 72.8 Å². The molecule has 0 aliphatic heterocycles. The van der Waals surface area contributed by atoms with E-state index >= 15 is 0 Å². The molecule has 13 aromatic rings. The van der Waals surface area contributed by atoms with Crippen LogP contribution in [-0.4, -0.2) is 17.9 Å². The van der Waals surface area contributed by atoms with Gasteiger partial charge in [-0.25, -0.2) is 0 Å². The SMILES string of the molecule is Cn1c2ccccc2c2cc3c4cccc5c6cc7c(cc6n(c3cc21)c54)c1cccc2c3cc4c5ccccc5n(C)c4cc3n7c12. The molecule has 0 unspecified atom stereocenters. The molecule has 0 aliphatic rings. The maximum absolute atomic E-state index is 2.54. The topological polar surface area (TPSA) is 18.7 Å². The maximum Gasteiger partial charge on any atom is 0.0620 e. The molecule has 13 rings (SSSR count). The van der Waals surface area contributed by atoms with Gasteiger partial charge in [0, 0.05) is 89.8 Å². The van der Waals surface area contributed by atoms with Crippen LogP contribution in [0.4, 0.5) is 0 Å². The largest absolute Gasteiger partial charge is 0.344 e. The van der Waals surface area contributed by atoms with Crippen LogP contribution in [0, 0.1) is 0 Å². The summed E-state index contributed by atoms with van der Waals surface area (Å²) >= 11 is 0. The monoisotopic (exact) mass is 610 g/mol. The summed E-state index contributed by atoms with van der Waals surface area (Å²) < 4.78 is 9.77. The molecule has 0 saturated heterocycles. The highest BCUT2D eigenvalue weighted by Crippen LogP contribution is 2.46. The van der Waals surface area contributed by atoms with E-state index in [2.05, 4.69) is 153 Å². The highest BCUT2D eigenvalue weighted by Gasteiger charge is 2.24. The number of fused-ring (bicyclic) bond motifs is 18. The zero-order chi connectivity index (χ0) is 31.2. The van der Waals surface area contributed by atoms with Crippen LogP contribution in [0.15, 0.2) is 121 Å². The van der Waals surface area contributed by atoms with Crippen molar-refractivity contribution >= 4 is 120 Å². The summed E-state index contributed by atoms with van der Waals surface area (Å²) in [5.74, 6) is 0. The first kappa shape index (κ1) is 24.0. The van der Waals surface area contributed by atoms with E-state index in [0.29, 0.717) is 0 Å². The predicted octanol–water partition coefficient (Wildman–Crippen LogP) is 11.3. The molecule has 0 atom stereocenters. The minimum Gasteiger partial charge on any atom is -0.344 e. The second-order valence-corrected chi connectivity index (χ2v) is 13.9. The van der Waals surface area contributed by atoms with E-state index in [4.69, 9.17) is 0 Å². The summed E-state index contributed by atoms with van der Waals surface area (Å²) in [5, 5.41) is 15.8. The summed E-state index contributed by atoms with van der Waals surface area (Å²) in [6.07, 6.45) is 0. The molecule has 6 aromatic heterocycles. The van der Waals surface area contributed by atoms with Crippen molar-refractivity contribution in [1.29, 1.82) is 0 Å². The van der Waals surface area contributed by atoms with E-state index in [0.717, 1.165) is 0 Å². The molecular weight excluding hydrogens is 585 g/mol. The molecule has 0 radical (unpaired) electrons. The van der Waals surface area contributed by atoms with E-state index < -0.39 is 0 Å². The third kappa shape index (κ3) is 2.46. The summed E-state index contributed by atoms with van der Waals surface area (Å²) in [4.78, 5) is 0. The number of aromatic nitrogens is 4. The highest BCUT2D eigenvalue weighted by molar-refractivity contribution is 6.31. The molecule has 0 fully saturated rings. The highest BCUT2D eigenvalue weighted by atomic mass is 15.0. The van der Waals surface area contributed by atoms with Gasteiger partial charge in [-0.2, -0.15) is 0 Å². The van der Waals surface area contributed by atoms with Crippen molar-refractivity contribution in [2.75, 3.05) is 0 Å². The van der Waals surface area contributed by atoms with Crippen LogP contribution in [-0.2, 0) is 14.1 Å². The van der Waals surface area contributed by atoms with Gasteiger partial charge in [-0.15, -0.1) is 0 Å². The molecule has 0 bridgehead atoms. The van der Waals surface area contributed by atoms with E-state index in [-0.39, 0.29) is 0 Å². The zero-order valence-electron chi connectivity index (χ0n) is 26.3. The first-order valence-corrected chi connectivity index (χ1v) is 16.7. The Balaban J connectivity index is 1.22. The average molecular weight is 611 g/mol. The van der Waals surface area contributed by atoms with Crippen molar-refractivity contribution in [2.24, 2.45) is 14.1 Å². The normalized spacial score (nSPS) is 13.2. The summed E-state index contributed by atoms with van der Waals surface area (Å²) in [6, 6.07) is 45.9. The zero-order valence-corrected chi connectivity index (χ0v) is 26.3. The minimum absolute atomic E-state index is 1.27. The van der Waals surface area contributed by atoms with E-state index in [1.54, 1.807) is 0 Å². The van der Waals surface area contributed by atoms with Gasteiger partial charge in [0.05, 0.1) is 44.1 Å². The maximum atomic E-state index is 2.54. The minimum atomic E-state index is 1.27. The van der Waals surface area contributed by atoms with Crippen LogP contribution < -0.4 is 0 Å². The van der Waals surface area contributed by atoms with E-state index in [9.17, 15) is 0 Å². The van der Waals surface area contributed by atoms with Gasteiger partial charge in [0.1, 0.15) is 0 Å². The molecule has 0 amide bonds. The number of aryl methyl sites for hydroxylation is 2. The average Bonchev–Trinajstić information content (AvgIpc) is 3.94. The Bertz CT molecular complexity index is 3340. The molecule has 48 heavy (non-hydrogen) atoms. The summed E-state index contributed by atoms with van der Waals surface area (Å²) in [7, 11) is 4.39. The summed E-state index contributed by atoms with van der Waals surface area (Å²) in [5.41, 5.74) is 12.8. The fraction of sp³-hybridized carbons (Fsp3) is 0.0455. The number of hydrogen-bond acceptors (Lipinski definition) is 0. The molecule has 4 nitrogen and oxygen atoms in total. The lowest BCUT2D eigenvalue weighted by molar-refractivity contribution is 1.01. The Morgan fingerprint density at radius 1 is 0.271 bits per heavy atom. The van der Waals surface area contributed by atoms with E-state index in [1.807, 2.05) is 0 Å². The summed E-state index contributed by atoms with van der Waals surface area (Å²) in [6.45, 7) is 0. The van der Waals surface area contributed by atoms with Crippen molar-refractivity contribution in [1.82, 2.24) is 17.9 Å². The first-order chi connectivity index (χ1) is 23.7. The van der Waals surface area contributed by atoms with Gasteiger partial charge >= 0.3 is 0 Å². The van der Waals surface area contributed by atoms with Gasteiger partial charge < -0.3 is 17.9 Å². The Morgan fingerprint density at radius 3 is 1.04 bits per heavy atom. The number of hydrogen-bond donors (Lipinski definition) is 0. The fourth-order valence-electron chi connectivity index (χ4n) is 9.75. The van der Waals surface area contributed by atoms with Crippen molar-refractivity contribution in [3.8, 4) is 0 Å². The number of benzene rings is 7. The fourth-order valence-corrected chi connectivity index (χ4v) is 9.75. The molecule has 0 N–H and O–H groups in total. The standard InChI is InChI=1S/C44H26N4/c1-45-35-15-5-3-9-23(35)29-17-31-25-11-7-13-27-33-20-40-34(19-39(33)47(43(25)27)41(31)21-37(29)45)28-14-8-12-26-32-18-30-24-10-4-6-16-36(24)46(2)38(30)22-42(32)48(40)44(26)28/h3-22H,1-2H3. The smallest absolute Gasteiger partial charge is 0.0620 e. The third-order valence-electron chi connectivity index (χ3n) is 11.8. The van der Waals surface area contributed by atoms with Crippen LogP contribution in [0.1, 0.15) is 0 Å². The van der Waals surface area contributed by atoms with Gasteiger partial charge in [0.15, 0.2) is 0 Å². The van der Waals surface area contributed by atoms with Crippen molar-refractivity contribution in [2.45, 2.75) is 0 Å². The van der Waals surface area contributed by atoms with Crippen molar-refractivity contribution in [3.05, 3.63) is 121 Å². The molecule has 4 heteroatoms. The molecule has 0 aliphatic carbocycles. The molecule has 6 heterocycles. The van der Waals surface area contributed by atoms with Crippen LogP contribution in [0.2, 0.25) is 0 Å². The number of para-hydroxylation sites is 4. The lowest BCUT2D eigenvalue weighted by Crippen LogP contribution is -1.88. The number of rotatable bonds is 0. The predicted molar refractivity (Wildman–Crippen MR) is 204 cm³/mol. The quantitative estimate of drug-likeness (QED) is 0.163. The van der Waals surface area contributed by atoms with Crippen LogP contribution in [0.5, 0.6) is 0 Å². The molecule has 222 valence electrons.